The molecule has 0 aliphatic rings. The number of hydrogen-bond acceptors (Lipinski definition) is 2. The van der Waals surface area contributed by atoms with Gasteiger partial charge in [-0.1, -0.05) is 30.3 Å². The number of carbonyl (C=O) groups excluding carboxylic acids is 2. The van der Waals surface area contributed by atoms with E-state index in [9.17, 15) is 14.0 Å². The zero-order chi connectivity index (χ0) is 15.2. The van der Waals surface area contributed by atoms with Crippen LogP contribution in [0.1, 0.15) is 15.9 Å². The van der Waals surface area contributed by atoms with Crippen LogP contribution < -0.4 is 0 Å². The maximum Gasteiger partial charge on any atom is 0.254 e. The van der Waals surface area contributed by atoms with Gasteiger partial charge in [0, 0.05) is 12.6 Å². The standard InChI is InChI=1S/C17H16FNO2/c1-19(17(21)14-7-9-15(18)10-8-14)16(12-20)11-13-5-3-2-4-6-13/h2-10,12,16H,11H2,1H3. The second-order valence-corrected chi connectivity index (χ2v) is 4.82. The fourth-order valence-electron chi connectivity index (χ4n) is 2.08. The molecule has 0 heterocycles. The van der Waals surface area contributed by atoms with Crippen LogP contribution in [0.4, 0.5) is 4.39 Å². The lowest BCUT2D eigenvalue weighted by molar-refractivity contribution is -0.111. The summed E-state index contributed by atoms with van der Waals surface area (Å²) in [5.74, 6) is -0.701. The summed E-state index contributed by atoms with van der Waals surface area (Å²) in [6.45, 7) is 0. The molecule has 0 saturated heterocycles. The van der Waals surface area contributed by atoms with Gasteiger partial charge in [0.25, 0.3) is 5.91 Å². The number of halogens is 1. The van der Waals surface area contributed by atoms with Gasteiger partial charge in [-0.05, 0) is 36.2 Å². The summed E-state index contributed by atoms with van der Waals surface area (Å²) in [5, 5.41) is 0. The Hall–Kier alpha value is -2.49. The van der Waals surface area contributed by atoms with Gasteiger partial charge in [-0.3, -0.25) is 4.79 Å². The van der Waals surface area contributed by atoms with Crippen molar-refractivity contribution in [3.05, 3.63) is 71.5 Å². The molecule has 0 fully saturated rings. The van der Waals surface area contributed by atoms with E-state index in [2.05, 4.69) is 0 Å². The number of rotatable bonds is 5. The van der Waals surface area contributed by atoms with Gasteiger partial charge in [0.15, 0.2) is 0 Å². The molecule has 1 atom stereocenters. The van der Waals surface area contributed by atoms with E-state index in [4.69, 9.17) is 0 Å². The second-order valence-electron chi connectivity index (χ2n) is 4.82. The van der Waals surface area contributed by atoms with E-state index in [1.165, 1.54) is 29.2 Å². The van der Waals surface area contributed by atoms with Crippen molar-refractivity contribution in [1.82, 2.24) is 4.90 Å². The lowest BCUT2D eigenvalue weighted by atomic mass is 10.1. The molecule has 3 nitrogen and oxygen atoms in total. The first-order valence-electron chi connectivity index (χ1n) is 6.64. The number of benzene rings is 2. The highest BCUT2D eigenvalue weighted by Crippen LogP contribution is 2.11. The molecule has 0 saturated carbocycles. The fraction of sp³-hybridized carbons (Fsp3) is 0.176. The monoisotopic (exact) mass is 285 g/mol. The quantitative estimate of drug-likeness (QED) is 0.792. The molecule has 4 heteroatoms. The summed E-state index contributed by atoms with van der Waals surface area (Å²) in [7, 11) is 1.58. The molecule has 2 aromatic rings. The van der Waals surface area contributed by atoms with E-state index in [-0.39, 0.29) is 5.91 Å². The molecule has 0 aliphatic heterocycles. The van der Waals surface area contributed by atoms with Crippen molar-refractivity contribution in [1.29, 1.82) is 0 Å². The minimum Gasteiger partial charge on any atom is -0.332 e. The molecule has 2 rings (SSSR count). The average Bonchev–Trinajstić information content (AvgIpc) is 2.53. The molecule has 0 spiro atoms. The number of aldehydes is 1. The molecule has 0 aliphatic carbocycles. The predicted octanol–water partition coefficient (Wildman–Crippen LogP) is 2.71. The van der Waals surface area contributed by atoms with Gasteiger partial charge in [-0.25, -0.2) is 4.39 Å². The molecular formula is C17H16FNO2. The Labute approximate surface area is 123 Å². The van der Waals surface area contributed by atoms with Crippen LogP contribution in [0.2, 0.25) is 0 Å². The summed E-state index contributed by atoms with van der Waals surface area (Å²) in [5.41, 5.74) is 1.34. The van der Waals surface area contributed by atoms with E-state index in [0.29, 0.717) is 12.0 Å². The highest BCUT2D eigenvalue weighted by Gasteiger charge is 2.20. The SMILES string of the molecule is CN(C(=O)c1ccc(F)cc1)C(C=O)Cc1ccccc1. The normalized spacial score (nSPS) is 11.7. The topological polar surface area (TPSA) is 37.4 Å². The predicted molar refractivity (Wildman–Crippen MR) is 78.5 cm³/mol. The Balaban J connectivity index is 2.12. The Bertz CT molecular complexity index is 610. The van der Waals surface area contributed by atoms with Crippen LogP contribution in [0.25, 0.3) is 0 Å². The van der Waals surface area contributed by atoms with Crippen LogP contribution >= 0.6 is 0 Å². The third-order valence-corrected chi connectivity index (χ3v) is 3.35. The molecule has 1 amide bonds. The van der Waals surface area contributed by atoms with E-state index < -0.39 is 11.9 Å². The van der Waals surface area contributed by atoms with E-state index in [1.54, 1.807) is 7.05 Å². The zero-order valence-electron chi connectivity index (χ0n) is 11.7. The fourth-order valence-corrected chi connectivity index (χ4v) is 2.08. The summed E-state index contributed by atoms with van der Waals surface area (Å²) in [4.78, 5) is 25.0. The number of nitrogens with zero attached hydrogens (tertiary/aromatic N) is 1. The molecule has 21 heavy (non-hydrogen) atoms. The van der Waals surface area contributed by atoms with Crippen LogP contribution in [0.15, 0.2) is 54.6 Å². The van der Waals surface area contributed by atoms with Crippen molar-refractivity contribution < 1.29 is 14.0 Å². The number of amides is 1. The maximum atomic E-state index is 12.9. The maximum absolute atomic E-state index is 12.9. The van der Waals surface area contributed by atoms with Crippen molar-refractivity contribution in [2.24, 2.45) is 0 Å². The first-order valence-corrected chi connectivity index (χ1v) is 6.64. The third-order valence-electron chi connectivity index (χ3n) is 3.35. The molecule has 0 bridgehead atoms. The zero-order valence-corrected chi connectivity index (χ0v) is 11.7. The summed E-state index contributed by atoms with van der Waals surface area (Å²) in [6, 6.07) is 14.2. The van der Waals surface area contributed by atoms with Gasteiger partial charge >= 0.3 is 0 Å². The van der Waals surface area contributed by atoms with Gasteiger partial charge in [0.1, 0.15) is 12.1 Å². The largest absolute Gasteiger partial charge is 0.332 e. The third kappa shape index (κ3) is 3.75. The summed E-state index contributed by atoms with van der Waals surface area (Å²) >= 11 is 0. The van der Waals surface area contributed by atoms with Crippen molar-refractivity contribution in [2.45, 2.75) is 12.5 Å². The molecule has 0 N–H and O–H groups in total. The van der Waals surface area contributed by atoms with Crippen LogP contribution in [0, 0.1) is 5.82 Å². The molecule has 0 aromatic heterocycles. The molecule has 108 valence electrons. The molecule has 0 radical (unpaired) electrons. The van der Waals surface area contributed by atoms with Crippen molar-refractivity contribution in [2.75, 3.05) is 7.05 Å². The van der Waals surface area contributed by atoms with Gasteiger partial charge in [0.2, 0.25) is 0 Å². The average molecular weight is 285 g/mol. The van der Waals surface area contributed by atoms with Crippen LogP contribution in [-0.2, 0) is 11.2 Å². The van der Waals surface area contributed by atoms with Crippen LogP contribution in [0.3, 0.4) is 0 Å². The Morgan fingerprint density at radius 2 is 1.76 bits per heavy atom. The molecule has 2 aromatic carbocycles. The summed E-state index contributed by atoms with van der Waals surface area (Å²) in [6.07, 6.45) is 1.21. The minimum absolute atomic E-state index is 0.303. The highest BCUT2D eigenvalue weighted by atomic mass is 19.1. The minimum atomic E-state index is -0.551. The number of hydrogen-bond donors (Lipinski definition) is 0. The van der Waals surface area contributed by atoms with Gasteiger partial charge in [-0.2, -0.15) is 0 Å². The van der Waals surface area contributed by atoms with Crippen molar-refractivity contribution in [3.63, 3.8) is 0 Å². The molecule has 1 unspecified atom stereocenters. The summed E-state index contributed by atoms with van der Waals surface area (Å²) < 4.78 is 12.9. The molecular weight excluding hydrogens is 269 g/mol. The van der Waals surface area contributed by atoms with E-state index in [1.807, 2.05) is 30.3 Å². The van der Waals surface area contributed by atoms with E-state index in [0.717, 1.165) is 11.8 Å². The van der Waals surface area contributed by atoms with Gasteiger partial charge in [0.05, 0.1) is 6.04 Å². The second kappa shape index (κ2) is 6.79. The number of carbonyl (C=O) groups is 2. The lowest BCUT2D eigenvalue weighted by Gasteiger charge is -2.24. The van der Waals surface area contributed by atoms with Crippen molar-refractivity contribution >= 4 is 12.2 Å². The smallest absolute Gasteiger partial charge is 0.254 e. The Morgan fingerprint density at radius 1 is 1.14 bits per heavy atom. The van der Waals surface area contributed by atoms with Crippen molar-refractivity contribution in [3.8, 4) is 0 Å². The number of likely N-dealkylation sites (N-methyl/N-ethyl adjacent to an activating group) is 1. The van der Waals surface area contributed by atoms with Gasteiger partial charge in [-0.15, -0.1) is 0 Å². The van der Waals surface area contributed by atoms with E-state index >= 15 is 0 Å². The van der Waals surface area contributed by atoms with Crippen LogP contribution in [0.5, 0.6) is 0 Å². The Kier molecular flexibility index (Phi) is 4.82. The van der Waals surface area contributed by atoms with Crippen LogP contribution in [-0.4, -0.2) is 30.2 Å². The lowest BCUT2D eigenvalue weighted by Crippen LogP contribution is -2.39. The van der Waals surface area contributed by atoms with Gasteiger partial charge < -0.3 is 9.69 Å². The first kappa shape index (κ1) is 14.9. The highest BCUT2D eigenvalue weighted by molar-refractivity contribution is 5.95. The Morgan fingerprint density at radius 3 is 2.33 bits per heavy atom. The first-order chi connectivity index (χ1) is 10.1.